The van der Waals surface area contributed by atoms with Crippen molar-refractivity contribution in [3.8, 4) is 5.75 Å². The third kappa shape index (κ3) is 6.01. The Bertz CT molecular complexity index is 683. The van der Waals surface area contributed by atoms with Gasteiger partial charge in [-0.2, -0.15) is 0 Å². The summed E-state index contributed by atoms with van der Waals surface area (Å²) in [6.07, 6.45) is 5.55. The minimum absolute atomic E-state index is 0. The molecule has 0 bridgehead atoms. The van der Waals surface area contributed by atoms with Crippen LogP contribution in [0.15, 0.2) is 29.3 Å². The summed E-state index contributed by atoms with van der Waals surface area (Å²) < 4.78 is 10.9. The number of ether oxygens (including phenoxy) is 2. The predicted octanol–water partition coefficient (Wildman–Crippen LogP) is 3.43. The van der Waals surface area contributed by atoms with Gasteiger partial charge in [0.15, 0.2) is 5.96 Å². The summed E-state index contributed by atoms with van der Waals surface area (Å²) in [5.74, 6) is 2.79. The van der Waals surface area contributed by atoms with Crippen LogP contribution in [0.4, 0.5) is 0 Å². The van der Waals surface area contributed by atoms with Crippen molar-refractivity contribution in [1.82, 2.24) is 15.5 Å². The molecule has 4 rings (SSSR count). The number of halogens is 1. The van der Waals surface area contributed by atoms with E-state index in [9.17, 15) is 0 Å². The first-order valence-electron chi connectivity index (χ1n) is 11.2. The smallest absolute Gasteiger partial charge is 0.191 e. The summed E-state index contributed by atoms with van der Waals surface area (Å²) in [5, 5.41) is 7.08. The van der Waals surface area contributed by atoms with E-state index in [0.717, 1.165) is 63.6 Å². The Morgan fingerprint density at radius 1 is 1.20 bits per heavy atom. The molecule has 168 valence electrons. The van der Waals surface area contributed by atoms with Crippen molar-refractivity contribution in [3.05, 3.63) is 29.8 Å². The molecule has 1 atom stereocenters. The molecular weight excluding hydrogens is 491 g/mol. The maximum Gasteiger partial charge on any atom is 0.191 e. The highest BCUT2D eigenvalue weighted by atomic mass is 127. The largest absolute Gasteiger partial charge is 0.497 e. The lowest BCUT2D eigenvalue weighted by molar-refractivity contribution is 0.0170. The highest BCUT2D eigenvalue weighted by molar-refractivity contribution is 14.0. The van der Waals surface area contributed by atoms with Crippen LogP contribution in [0.25, 0.3) is 0 Å². The van der Waals surface area contributed by atoms with Gasteiger partial charge >= 0.3 is 0 Å². The summed E-state index contributed by atoms with van der Waals surface area (Å²) in [6.45, 7) is 8.32. The van der Waals surface area contributed by atoms with Crippen molar-refractivity contribution in [1.29, 1.82) is 0 Å². The number of methoxy groups -OCH3 is 1. The highest BCUT2D eigenvalue weighted by Gasteiger charge is 2.53. The lowest BCUT2D eigenvalue weighted by Crippen LogP contribution is -2.46. The van der Waals surface area contributed by atoms with Crippen LogP contribution in [0.1, 0.15) is 44.2 Å². The number of hydrogen-bond donors (Lipinski definition) is 2. The quantitative estimate of drug-likeness (QED) is 0.292. The van der Waals surface area contributed by atoms with Crippen LogP contribution in [0.3, 0.4) is 0 Å². The standard InChI is InChI=1S/C23H36N4O2.HI/c1-3-24-22(26-17-23(10-11-23)19-6-7-19)25-16-21(27-12-14-29-15-13-27)18-4-8-20(28-2)9-5-18;/h4-5,8-9,19,21H,3,6-7,10-17H2,1-2H3,(H2,24,25,26);1H. The predicted molar refractivity (Wildman–Crippen MR) is 132 cm³/mol. The molecule has 1 saturated heterocycles. The Labute approximate surface area is 198 Å². The molecule has 2 saturated carbocycles. The Hall–Kier alpha value is -1.06. The van der Waals surface area contributed by atoms with Crippen LogP contribution in [0, 0.1) is 11.3 Å². The van der Waals surface area contributed by atoms with Crippen molar-refractivity contribution >= 4 is 29.9 Å². The Morgan fingerprint density at radius 2 is 1.90 bits per heavy atom. The molecule has 3 fully saturated rings. The molecule has 1 heterocycles. The van der Waals surface area contributed by atoms with E-state index in [4.69, 9.17) is 14.5 Å². The van der Waals surface area contributed by atoms with Crippen LogP contribution in [0.5, 0.6) is 5.75 Å². The summed E-state index contributed by atoms with van der Waals surface area (Å²) >= 11 is 0. The van der Waals surface area contributed by atoms with Crippen molar-refractivity contribution in [2.45, 2.75) is 38.6 Å². The maximum atomic E-state index is 5.58. The van der Waals surface area contributed by atoms with Crippen molar-refractivity contribution in [2.75, 3.05) is 53.0 Å². The molecule has 0 amide bonds. The number of morpholine rings is 1. The summed E-state index contributed by atoms with van der Waals surface area (Å²) in [7, 11) is 1.71. The van der Waals surface area contributed by atoms with Crippen LogP contribution in [-0.2, 0) is 4.74 Å². The zero-order valence-electron chi connectivity index (χ0n) is 18.4. The second-order valence-electron chi connectivity index (χ2n) is 8.65. The van der Waals surface area contributed by atoms with E-state index in [0.29, 0.717) is 5.41 Å². The molecule has 1 aliphatic heterocycles. The number of benzene rings is 1. The monoisotopic (exact) mass is 528 g/mol. The molecule has 6 nitrogen and oxygen atoms in total. The van der Waals surface area contributed by atoms with Gasteiger partial charge in [-0.1, -0.05) is 12.1 Å². The van der Waals surface area contributed by atoms with Gasteiger partial charge in [0, 0.05) is 32.7 Å². The summed E-state index contributed by atoms with van der Waals surface area (Å²) in [5.41, 5.74) is 1.83. The average molecular weight is 528 g/mol. The third-order valence-corrected chi connectivity index (χ3v) is 6.68. The lowest BCUT2D eigenvalue weighted by Gasteiger charge is -2.35. The molecule has 0 aromatic heterocycles. The van der Waals surface area contributed by atoms with E-state index in [1.54, 1.807) is 7.11 Å². The van der Waals surface area contributed by atoms with E-state index in [-0.39, 0.29) is 30.0 Å². The van der Waals surface area contributed by atoms with Gasteiger partial charge in [-0.25, -0.2) is 0 Å². The zero-order chi connectivity index (χ0) is 20.1. The minimum atomic E-state index is 0. The van der Waals surface area contributed by atoms with Crippen LogP contribution < -0.4 is 15.4 Å². The van der Waals surface area contributed by atoms with Crippen molar-refractivity contribution in [3.63, 3.8) is 0 Å². The number of aliphatic imine (C=N–C) groups is 1. The SMILES string of the molecule is CCNC(=NCC1(C2CC2)CC1)NCC(c1ccc(OC)cc1)N1CCOCC1.I. The van der Waals surface area contributed by atoms with Gasteiger partial charge in [0.2, 0.25) is 0 Å². The third-order valence-electron chi connectivity index (χ3n) is 6.68. The number of rotatable bonds is 9. The molecular formula is C23H37IN4O2. The van der Waals surface area contributed by atoms with Crippen LogP contribution in [-0.4, -0.2) is 63.9 Å². The number of nitrogens with one attached hydrogen (secondary N) is 2. The van der Waals surface area contributed by atoms with Gasteiger partial charge in [0.05, 0.1) is 26.4 Å². The van der Waals surface area contributed by atoms with Gasteiger partial charge < -0.3 is 20.1 Å². The van der Waals surface area contributed by atoms with Gasteiger partial charge in [-0.05, 0) is 61.6 Å². The van der Waals surface area contributed by atoms with E-state index >= 15 is 0 Å². The molecule has 0 spiro atoms. The number of hydrogen-bond acceptors (Lipinski definition) is 4. The minimum Gasteiger partial charge on any atom is -0.497 e. The topological polar surface area (TPSA) is 58.1 Å². The lowest BCUT2D eigenvalue weighted by atomic mass is 10.0. The first kappa shape index (κ1) is 23.6. The van der Waals surface area contributed by atoms with Crippen LogP contribution in [0.2, 0.25) is 0 Å². The average Bonchev–Trinajstić information content (AvgIpc) is 3.67. The molecule has 0 radical (unpaired) electrons. The maximum absolute atomic E-state index is 5.58. The van der Waals surface area contributed by atoms with Crippen LogP contribution >= 0.6 is 24.0 Å². The summed E-state index contributed by atoms with van der Waals surface area (Å²) in [6, 6.07) is 8.74. The number of nitrogens with zero attached hydrogens (tertiary/aromatic N) is 2. The van der Waals surface area contributed by atoms with Gasteiger partial charge in [0.1, 0.15) is 5.75 Å². The fourth-order valence-corrected chi connectivity index (χ4v) is 4.50. The van der Waals surface area contributed by atoms with Gasteiger partial charge in [-0.15, -0.1) is 24.0 Å². The second-order valence-corrected chi connectivity index (χ2v) is 8.65. The Balaban J connectivity index is 0.00000256. The van der Waals surface area contributed by atoms with E-state index in [1.807, 2.05) is 0 Å². The van der Waals surface area contributed by atoms with Gasteiger partial charge in [0.25, 0.3) is 0 Å². The zero-order valence-corrected chi connectivity index (χ0v) is 20.7. The first-order chi connectivity index (χ1) is 14.2. The molecule has 1 aromatic rings. The first-order valence-corrected chi connectivity index (χ1v) is 11.2. The Kier molecular flexibility index (Phi) is 8.65. The fraction of sp³-hybridized carbons (Fsp3) is 0.696. The molecule has 3 aliphatic rings. The van der Waals surface area contributed by atoms with Crippen molar-refractivity contribution < 1.29 is 9.47 Å². The summed E-state index contributed by atoms with van der Waals surface area (Å²) in [4.78, 5) is 7.49. The molecule has 2 aliphatic carbocycles. The molecule has 2 N–H and O–H groups in total. The molecule has 30 heavy (non-hydrogen) atoms. The molecule has 7 heteroatoms. The second kappa shape index (κ2) is 11.0. The van der Waals surface area contributed by atoms with E-state index in [2.05, 4.69) is 46.7 Å². The highest BCUT2D eigenvalue weighted by Crippen LogP contribution is 2.61. The Morgan fingerprint density at radius 3 is 2.47 bits per heavy atom. The number of guanidine groups is 1. The van der Waals surface area contributed by atoms with Crippen molar-refractivity contribution in [2.24, 2.45) is 16.3 Å². The molecule has 1 aromatic carbocycles. The van der Waals surface area contributed by atoms with Gasteiger partial charge in [-0.3, -0.25) is 9.89 Å². The van der Waals surface area contributed by atoms with E-state index < -0.39 is 0 Å². The van der Waals surface area contributed by atoms with E-state index in [1.165, 1.54) is 31.2 Å². The normalized spacial score (nSPS) is 22.0. The fourth-order valence-electron chi connectivity index (χ4n) is 4.50. The molecule has 1 unspecified atom stereocenters.